The second-order valence-corrected chi connectivity index (χ2v) is 9.33. The summed E-state index contributed by atoms with van der Waals surface area (Å²) in [7, 11) is 0. The first-order valence-electron chi connectivity index (χ1n) is 11.3. The van der Waals surface area contributed by atoms with Crippen LogP contribution in [0.3, 0.4) is 0 Å². The lowest BCUT2D eigenvalue weighted by Gasteiger charge is -2.35. The van der Waals surface area contributed by atoms with Crippen LogP contribution in [0.1, 0.15) is 58.4 Å². The molecule has 1 atom stereocenters. The molecule has 8 heteroatoms. The van der Waals surface area contributed by atoms with Crippen LogP contribution in [0.2, 0.25) is 0 Å². The fourth-order valence-electron chi connectivity index (χ4n) is 4.02. The molecule has 8 nitrogen and oxygen atoms in total. The van der Waals surface area contributed by atoms with Gasteiger partial charge in [0.05, 0.1) is 17.4 Å². The number of fused-ring (bicyclic) bond motifs is 1. The topological polar surface area (TPSA) is 118 Å². The highest BCUT2D eigenvalue weighted by molar-refractivity contribution is 5.87. The number of rotatable bonds is 6. The zero-order valence-corrected chi connectivity index (χ0v) is 19.2. The predicted octanol–water partition coefficient (Wildman–Crippen LogP) is 3.75. The number of aromatic nitrogens is 1. The number of hydrogen-bond donors (Lipinski definition) is 3. The molecule has 2 aromatic rings. The van der Waals surface area contributed by atoms with Gasteiger partial charge in [-0.3, -0.25) is 14.7 Å². The van der Waals surface area contributed by atoms with Gasteiger partial charge in [-0.15, -0.1) is 0 Å². The summed E-state index contributed by atoms with van der Waals surface area (Å²) < 4.78 is 5.47. The van der Waals surface area contributed by atoms with E-state index in [4.69, 9.17) is 10.5 Å². The maximum absolute atomic E-state index is 12.8. The number of phenolic OH excluding ortho intramolecular Hbond substituents is 1. The fraction of sp³-hybridized carbons (Fsp3) is 0.542. The Bertz CT molecular complexity index is 965. The van der Waals surface area contributed by atoms with Crippen LogP contribution in [-0.2, 0) is 16.0 Å². The van der Waals surface area contributed by atoms with Crippen LogP contribution >= 0.6 is 0 Å². The lowest BCUT2D eigenvalue weighted by Crippen LogP contribution is -2.53. The van der Waals surface area contributed by atoms with Crippen molar-refractivity contribution in [2.45, 2.75) is 70.9 Å². The second-order valence-electron chi connectivity index (χ2n) is 9.33. The summed E-state index contributed by atoms with van der Waals surface area (Å²) in [5.74, 6) is 0.0877. The number of nitrogens with zero attached hydrogens (tertiary/aromatic N) is 2. The number of nitrogens with two attached hydrogens (primary N) is 1. The third-order valence-electron chi connectivity index (χ3n) is 5.56. The molecule has 2 heterocycles. The minimum absolute atomic E-state index is 0.138. The number of phenols is 1. The van der Waals surface area contributed by atoms with Crippen molar-refractivity contribution in [2.75, 3.05) is 18.8 Å². The van der Waals surface area contributed by atoms with Crippen molar-refractivity contribution in [1.29, 1.82) is 0 Å². The maximum Gasteiger partial charge on any atom is 0.410 e. The molecule has 3 rings (SSSR count). The van der Waals surface area contributed by atoms with Crippen molar-refractivity contribution in [2.24, 2.45) is 0 Å². The van der Waals surface area contributed by atoms with Crippen molar-refractivity contribution < 1.29 is 19.4 Å². The Labute approximate surface area is 189 Å². The molecule has 1 aromatic heterocycles. The summed E-state index contributed by atoms with van der Waals surface area (Å²) in [5, 5.41) is 14.1. The number of amides is 2. The molecule has 2 amide bonds. The monoisotopic (exact) mass is 442 g/mol. The number of anilines is 1. The summed E-state index contributed by atoms with van der Waals surface area (Å²) in [4.78, 5) is 31.1. The van der Waals surface area contributed by atoms with Crippen LogP contribution in [0.15, 0.2) is 24.4 Å². The largest absolute Gasteiger partial charge is 0.508 e. The molecule has 32 heavy (non-hydrogen) atoms. The molecule has 1 saturated heterocycles. The Morgan fingerprint density at radius 3 is 2.81 bits per heavy atom. The molecule has 1 aromatic carbocycles. The van der Waals surface area contributed by atoms with E-state index in [-0.39, 0.29) is 11.7 Å². The third-order valence-corrected chi connectivity index (χ3v) is 5.56. The first-order valence-corrected chi connectivity index (χ1v) is 11.3. The quantitative estimate of drug-likeness (QED) is 0.587. The summed E-state index contributed by atoms with van der Waals surface area (Å²) in [6.45, 7) is 6.50. The number of unbranched alkanes of at least 4 members (excludes halogenated alkanes) is 1. The molecular formula is C24H34N4O4. The Hall–Kier alpha value is -3.03. The average molecular weight is 443 g/mol. The molecule has 1 aliphatic rings. The van der Waals surface area contributed by atoms with Gasteiger partial charge in [0.2, 0.25) is 5.91 Å². The van der Waals surface area contributed by atoms with Crippen molar-refractivity contribution in [3.05, 3.63) is 30.0 Å². The van der Waals surface area contributed by atoms with Crippen LogP contribution < -0.4 is 11.1 Å². The number of benzene rings is 1. The van der Waals surface area contributed by atoms with E-state index < -0.39 is 17.7 Å². The molecule has 0 bridgehead atoms. The lowest BCUT2D eigenvalue weighted by molar-refractivity contribution is -0.127. The average Bonchev–Trinajstić information content (AvgIpc) is 2.73. The first-order chi connectivity index (χ1) is 15.2. The second kappa shape index (κ2) is 10.1. The number of nitrogen functional groups attached to an aromatic ring is 1. The van der Waals surface area contributed by atoms with Crippen molar-refractivity contribution in [3.8, 4) is 5.75 Å². The molecule has 0 aliphatic carbocycles. The number of nitrogens with one attached hydrogen (secondary N) is 1. The molecule has 0 saturated carbocycles. The highest BCUT2D eigenvalue weighted by atomic mass is 16.6. The van der Waals surface area contributed by atoms with Gasteiger partial charge in [0.25, 0.3) is 0 Å². The van der Waals surface area contributed by atoms with Gasteiger partial charge in [0, 0.05) is 24.0 Å². The molecule has 0 spiro atoms. The van der Waals surface area contributed by atoms with Gasteiger partial charge < -0.3 is 20.9 Å². The molecular weight excluding hydrogens is 408 g/mol. The number of carbonyl (C=O) groups excluding carboxylic acids is 2. The predicted molar refractivity (Wildman–Crippen MR) is 124 cm³/mol. The zero-order chi connectivity index (χ0) is 23.3. The van der Waals surface area contributed by atoms with E-state index in [0.29, 0.717) is 31.6 Å². The van der Waals surface area contributed by atoms with Crippen molar-refractivity contribution >= 4 is 28.6 Å². The number of aromatic hydroxyl groups is 1. The van der Waals surface area contributed by atoms with Gasteiger partial charge in [-0.2, -0.15) is 0 Å². The standard InChI is InChI=1S/C24H34N4O4/c1-24(2,3)32-23(31)28-13-7-5-9-20(28)22(30)26-12-6-4-8-17-18-14-16(25)15-27-19(18)10-11-21(17)29/h10-11,14-15,20,29H,4-9,12-13,25H2,1-3H3,(H,26,30)/t20-/m0/s1. The van der Waals surface area contributed by atoms with Gasteiger partial charge in [0.1, 0.15) is 17.4 Å². The minimum atomic E-state index is -0.594. The number of aryl methyl sites for hydroxylation is 1. The van der Waals surface area contributed by atoms with Gasteiger partial charge in [0.15, 0.2) is 0 Å². The Morgan fingerprint density at radius 2 is 2.06 bits per heavy atom. The Balaban J connectivity index is 1.52. The van der Waals surface area contributed by atoms with Crippen LogP contribution in [0.5, 0.6) is 5.75 Å². The van der Waals surface area contributed by atoms with Crippen LogP contribution in [-0.4, -0.2) is 51.7 Å². The molecule has 174 valence electrons. The Morgan fingerprint density at radius 1 is 1.28 bits per heavy atom. The van der Waals surface area contributed by atoms with Crippen LogP contribution in [0, 0.1) is 0 Å². The molecule has 1 aliphatic heterocycles. The first kappa shape index (κ1) is 23.6. The molecule has 4 N–H and O–H groups in total. The van der Waals surface area contributed by atoms with E-state index in [1.54, 1.807) is 23.2 Å². The third kappa shape index (κ3) is 6.02. The minimum Gasteiger partial charge on any atom is -0.508 e. The number of piperidine rings is 1. The summed E-state index contributed by atoms with van der Waals surface area (Å²) in [6, 6.07) is 4.76. The van der Waals surface area contributed by atoms with E-state index in [9.17, 15) is 14.7 Å². The van der Waals surface area contributed by atoms with Gasteiger partial charge in [-0.1, -0.05) is 0 Å². The fourth-order valence-corrected chi connectivity index (χ4v) is 4.02. The lowest BCUT2D eigenvalue weighted by atomic mass is 10.0. The summed E-state index contributed by atoms with van der Waals surface area (Å²) in [5.41, 5.74) is 7.43. The van der Waals surface area contributed by atoms with E-state index in [1.807, 2.05) is 26.8 Å². The molecule has 0 unspecified atom stereocenters. The van der Waals surface area contributed by atoms with E-state index in [0.717, 1.165) is 42.1 Å². The molecule has 1 fully saturated rings. The van der Waals surface area contributed by atoms with E-state index in [2.05, 4.69) is 10.3 Å². The van der Waals surface area contributed by atoms with Crippen molar-refractivity contribution in [3.63, 3.8) is 0 Å². The number of hydrogen-bond acceptors (Lipinski definition) is 6. The van der Waals surface area contributed by atoms with Crippen LogP contribution in [0.4, 0.5) is 10.5 Å². The highest BCUT2D eigenvalue weighted by Gasteiger charge is 2.34. The number of likely N-dealkylation sites (tertiary alicyclic amines) is 1. The zero-order valence-electron chi connectivity index (χ0n) is 19.2. The van der Waals surface area contributed by atoms with Gasteiger partial charge in [-0.05, 0) is 77.5 Å². The number of ether oxygens (including phenoxy) is 1. The van der Waals surface area contributed by atoms with Gasteiger partial charge >= 0.3 is 6.09 Å². The molecule has 0 radical (unpaired) electrons. The SMILES string of the molecule is CC(C)(C)OC(=O)N1CCCC[C@H]1C(=O)NCCCCc1c(O)ccc2ncc(N)cc12. The Kier molecular flexibility index (Phi) is 7.43. The smallest absolute Gasteiger partial charge is 0.410 e. The maximum atomic E-state index is 12.8. The van der Waals surface area contributed by atoms with Gasteiger partial charge in [-0.25, -0.2) is 4.79 Å². The van der Waals surface area contributed by atoms with Crippen molar-refractivity contribution in [1.82, 2.24) is 15.2 Å². The number of pyridine rings is 1. The van der Waals surface area contributed by atoms with E-state index in [1.165, 1.54) is 0 Å². The summed E-state index contributed by atoms with van der Waals surface area (Å²) in [6.07, 6.45) is 5.77. The highest BCUT2D eigenvalue weighted by Crippen LogP contribution is 2.28. The van der Waals surface area contributed by atoms with Crippen LogP contribution in [0.25, 0.3) is 10.9 Å². The summed E-state index contributed by atoms with van der Waals surface area (Å²) >= 11 is 0. The normalized spacial score (nSPS) is 16.7. The number of carbonyl (C=O) groups is 2. The van der Waals surface area contributed by atoms with E-state index >= 15 is 0 Å².